The number of nitrogens with one attached hydrogen (secondary N) is 2. The van der Waals surface area contributed by atoms with Crippen molar-refractivity contribution in [1.29, 1.82) is 0 Å². The van der Waals surface area contributed by atoms with Crippen molar-refractivity contribution >= 4 is 29.2 Å². The molecule has 0 bridgehead atoms. The Morgan fingerprint density at radius 3 is 2.35 bits per heavy atom. The number of carbonyl (C=O) groups excluding carboxylic acids is 2. The predicted octanol–water partition coefficient (Wildman–Crippen LogP) is 4.07. The molecule has 3 amide bonds. The average Bonchev–Trinajstić information content (AvgIpc) is 2.64. The van der Waals surface area contributed by atoms with Gasteiger partial charge in [0.25, 0.3) is 5.91 Å². The molecule has 1 saturated heterocycles. The standard InChI is InChI=1S/C20H22ClN3O2/c1-14-4-2-3-5-18(14)19(25)22-17-10-12-24(13-11-17)20(26)23-16-8-6-15(21)7-9-16/h2-9,17H,10-13H2,1H3,(H,22,25)(H,23,26). The Labute approximate surface area is 158 Å². The Hall–Kier alpha value is -2.53. The molecule has 2 aromatic carbocycles. The first-order valence-electron chi connectivity index (χ1n) is 8.71. The lowest BCUT2D eigenvalue weighted by Gasteiger charge is -2.32. The molecular weight excluding hydrogens is 350 g/mol. The Balaban J connectivity index is 1.49. The number of benzene rings is 2. The van der Waals surface area contributed by atoms with Crippen molar-refractivity contribution < 1.29 is 9.59 Å². The van der Waals surface area contributed by atoms with Crippen LogP contribution >= 0.6 is 11.6 Å². The maximum absolute atomic E-state index is 12.4. The van der Waals surface area contributed by atoms with Crippen molar-refractivity contribution in [2.75, 3.05) is 18.4 Å². The highest BCUT2D eigenvalue weighted by Gasteiger charge is 2.24. The van der Waals surface area contributed by atoms with Crippen LogP contribution in [0.1, 0.15) is 28.8 Å². The highest BCUT2D eigenvalue weighted by atomic mass is 35.5. The Kier molecular flexibility index (Phi) is 5.78. The van der Waals surface area contributed by atoms with E-state index in [0.717, 1.165) is 24.1 Å². The lowest BCUT2D eigenvalue weighted by Crippen LogP contribution is -2.47. The summed E-state index contributed by atoms with van der Waals surface area (Å²) in [6.45, 7) is 3.15. The third-order valence-electron chi connectivity index (χ3n) is 4.60. The van der Waals surface area contributed by atoms with Crippen LogP contribution in [0.3, 0.4) is 0 Å². The molecule has 1 aliphatic heterocycles. The normalized spacial score (nSPS) is 14.8. The predicted molar refractivity (Wildman–Crippen MR) is 104 cm³/mol. The third-order valence-corrected chi connectivity index (χ3v) is 4.85. The van der Waals surface area contributed by atoms with Crippen LogP contribution in [0, 0.1) is 6.92 Å². The molecule has 0 aromatic heterocycles. The summed E-state index contributed by atoms with van der Waals surface area (Å²) in [5.41, 5.74) is 2.38. The second-order valence-electron chi connectivity index (χ2n) is 6.49. The second kappa shape index (κ2) is 8.23. The Bertz CT molecular complexity index is 784. The van der Waals surface area contributed by atoms with Crippen LogP contribution in [-0.4, -0.2) is 36.0 Å². The van der Waals surface area contributed by atoms with Crippen LogP contribution in [0.25, 0.3) is 0 Å². The lowest BCUT2D eigenvalue weighted by molar-refractivity contribution is 0.0918. The zero-order chi connectivity index (χ0) is 18.5. The van der Waals surface area contributed by atoms with Gasteiger partial charge in [-0.25, -0.2) is 4.79 Å². The molecule has 0 aliphatic carbocycles. The molecule has 1 aliphatic rings. The first-order valence-corrected chi connectivity index (χ1v) is 9.09. The summed E-state index contributed by atoms with van der Waals surface area (Å²) in [6.07, 6.45) is 1.48. The first-order chi connectivity index (χ1) is 12.5. The molecule has 6 heteroatoms. The van der Waals surface area contributed by atoms with Gasteiger partial charge < -0.3 is 15.5 Å². The number of amides is 3. The minimum absolute atomic E-state index is 0.0489. The van der Waals surface area contributed by atoms with Crippen LogP contribution in [0.15, 0.2) is 48.5 Å². The molecule has 0 unspecified atom stereocenters. The summed E-state index contributed by atoms with van der Waals surface area (Å²) in [7, 11) is 0. The fourth-order valence-corrected chi connectivity index (χ4v) is 3.18. The van der Waals surface area contributed by atoms with Gasteiger partial charge in [-0.1, -0.05) is 29.8 Å². The van der Waals surface area contributed by atoms with Crippen LogP contribution in [0.5, 0.6) is 0 Å². The zero-order valence-corrected chi connectivity index (χ0v) is 15.4. The molecule has 2 N–H and O–H groups in total. The number of likely N-dealkylation sites (tertiary alicyclic amines) is 1. The van der Waals surface area contributed by atoms with Gasteiger partial charge in [0.1, 0.15) is 0 Å². The fourth-order valence-electron chi connectivity index (χ4n) is 3.05. The number of hydrogen-bond acceptors (Lipinski definition) is 2. The summed E-state index contributed by atoms with van der Waals surface area (Å²) in [4.78, 5) is 26.5. The number of carbonyl (C=O) groups is 2. The van der Waals surface area contributed by atoms with Crippen LogP contribution in [-0.2, 0) is 0 Å². The maximum atomic E-state index is 12.4. The number of piperidine rings is 1. The molecule has 2 aromatic rings. The van der Waals surface area contributed by atoms with Gasteiger partial charge in [0.05, 0.1) is 0 Å². The van der Waals surface area contributed by atoms with E-state index in [2.05, 4.69) is 10.6 Å². The molecule has 5 nitrogen and oxygen atoms in total. The van der Waals surface area contributed by atoms with Gasteiger partial charge >= 0.3 is 6.03 Å². The molecule has 1 fully saturated rings. The monoisotopic (exact) mass is 371 g/mol. The third kappa shape index (κ3) is 4.55. The summed E-state index contributed by atoms with van der Waals surface area (Å²) < 4.78 is 0. The highest BCUT2D eigenvalue weighted by Crippen LogP contribution is 2.16. The van der Waals surface area contributed by atoms with Crippen molar-refractivity contribution in [1.82, 2.24) is 10.2 Å². The summed E-state index contributed by atoms with van der Waals surface area (Å²) in [5, 5.41) is 6.58. The number of urea groups is 1. The Morgan fingerprint density at radius 2 is 1.69 bits per heavy atom. The number of hydrogen-bond donors (Lipinski definition) is 2. The minimum atomic E-state index is -0.129. The number of halogens is 1. The highest BCUT2D eigenvalue weighted by molar-refractivity contribution is 6.30. The summed E-state index contributed by atoms with van der Waals surface area (Å²) >= 11 is 5.85. The molecule has 3 rings (SSSR count). The van der Waals surface area contributed by atoms with E-state index in [1.807, 2.05) is 31.2 Å². The van der Waals surface area contributed by atoms with E-state index in [1.165, 1.54) is 0 Å². The van der Waals surface area contributed by atoms with Crippen LogP contribution in [0.2, 0.25) is 5.02 Å². The van der Waals surface area contributed by atoms with E-state index in [1.54, 1.807) is 29.2 Å². The number of nitrogens with zero attached hydrogens (tertiary/aromatic N) is 1. The topological polar surface area (TPSA) is 61.4 Å². The smallest absolute Gasteiger partial charge is 0.321 e. The van der Waals surface area contributed by atoms with Gasteiger partial charge in [0.15, 0.2) is 0 Å². The van der Waals surface area contributed by atoms with Gasteiger partial charge in [-0.15, -0.1) is 0 Å². The van der Waals surface area contributed by atoms with Gasteiger partial charge in [-0.2, -0.15) is 0 Å². The number of anilines is 1. The van der Waals surface area contributed by atoms with E-state index in [0.29, 0.717) is 23.7 Å². The van der Waals surface area contributed by atoms with Crippen molar-refractivity contribution in [2.45, 2.75) is 25.8 Å². The summed E-state index contributed by atoms with van der Waals surface area (Å²) in [6, 6.07) is 14.5. The SMILES string of the molecule is Cc1ccccc1C(=O)NC1CCN(C(=O)Nc2ccc(Cl)cc2)CC1. The minimum Gasteiger partial charge on any atom is -0.349 e. The lowest BCUT2D eigenvalue weighted by atomic mass is 10.0. The Morgan fingerprint density at radius 1 is 1.04 bits per heavy atom. The van der Waals surface area contributed by atoms with E-state index in [-0.39, 0.29) is 18.0 Å². The molecule has 26 heavy (non-hydrogen) atoms. The zero-order valence-electron chi connectivity index (χ0n) is 14.7. The molecule has 0 spiro atoms. The largest absolute Gasteiger partial charge is 0.349 e. The molecule has 0 radical (unpaired) electrons. The molecule has 1 heterocycles. The number of rotatable bonds is 3. The molecular formula is C20H22ClN3O2. The fraction of sp³-hybridized carbons (Fsp3) is 0.300. The van der Waals surface area contributed by atoms with Gasteiger partial charge in [0.2, 0.25) is 0 Å². The van der Waals surface area contributed by atoms with E-state index in [9.17, 15) is 9.59 Å². The maximum Gasteiger partial charge on any atom is 0.321 e. The average molecular weight is 372 g/mol. The molecule has 0 saturated carbocycles. The van der Waals surface area contributed by atoms with Crippen molar-refractivity contribution in [3.8, 4) is 0 Å². The van der Waals surface area contributed by atoms with E-state index in [4.69, 9.17) is 11.6 Å². The van der Waals surface area contributed by atoms with Gasteiger partial charge in [-0.05, 0) is 55.7 Å². The van der Waals surface area contributed by atoms with Crippen molar-refractivity contribution in [3.05, 3.63) is 64.7 Å². The summed E-state index contributed by atoms with van der Waals surface area (Å²) in [5.74, 6) is -0.0489. The van der Waals surface area contributed by atoms with E-state index >= 15 is 0 Å². The van der Waals surface area contributed by atoms with Crippen LogP contribution < -0.4 is 10.6 Å². The quantitative estimate of drug-likeness (QED) is 0.854. The molecule has 136 valence electrons. The van der Waals surface area contributed by atoms with Crippen molar-refractivity contribution in [3.63, 3.8) is 0 Å². The first kappa shape index (κ1) is 18.3. The van der Waals surface area contributed by atoms with E-state index < -0.39 is 0 Å². The molecule has 0 atom stereocenters. The van der Waals surface area contributed by atoms with Gasteiger partial charge in [-0.3, -0.25) is 4.79 Å². The van der Waals surface area contributed by atoms with Crippen molar-refractivity contribution in [2.24, 2.45) is 0 Å². The van der Waals surface area contributed by atoms with Gasteiger partial charge in [0, 0.05) is 35.4 Å². The number of aryl methyl sites for hydroxylation is 1. The second-order valence-corrected chi connectivity index (χ2v) is 6.92. The van der Waals surface area contributed by atoms with Crippen LogP contribution in [0.4, 0.5) is 10.5 Å².